The lowest BCUT2D eigenvalue weighted by molar-refractivity contribution is 0.00868. The Labute approximate surface area is 154 Å². The SMILES string of the molecule is CCC[C@@H](C)Oc1nc(N)c2nc(OC)n(CCC3CCCCO3)c2n1. The summed E-state index contributed by atoms with van der Waals surface area (Å²) >= 11 is 0. The molecule has 0 radical (unpaired) electrons. The number of hydrogen-bond donors (Lipinski definition) is 1. The van der Waals surface area contributed by atoms with Crippen molar-refractivity contribution in [3.63, 3.8) is 0 Å². The van der Waals surface area contributed by atoms with Crippen molar-refractivity contribution in [1.29, 1.82) is 0 Å². The van der Waals surface area contributed by atoms with E-state index in [1.54, 1.807) is 7.11 Å². The molecule has 0 aliphatic carbocycles. The second kappa shape index (κ2) is 8.53. The number of imidazole rings is 1. The summed E-state index contributed by atoms with van der Waals surface area (Å²) in [5.74, 6) is 0.305. The van der Waals surface area contributed by atoms with Crippen LogP contribution in [0.4, 0.5) is 5.82 Å². The van der Waals surface area contributed by atoms with E-state index in [9.17, 15) is 0 Å². The van der Waals surface area contributed by atoms with Gasteiger partial charge in [-0.3, -0.25) is 4.57 Å². The first-order valence-corrected chi connectivity index (χ1v) is 9.48. The lowest BCUT2D eigenvalue weighted by Crippen LogP contribution is -2.21. The molecule has 3 heterocycles. The van der Waals surface area contributed by atoms with E-state index in [-0.39, 0.29) is 18.2 Å². The van der Waals surface area contributed by atoms with Crippen molar-refractivity contribution >= 4 is 17.0 Å². The molecule has 2 aromatic heterocycles. The average molecular weight is 363 g/mol. The number of ether oxygens (including phenoxy) is 3. The first kappa shape index (κ1) is 18.7. The molecule has 0 amide bonds. The van der Waals surface area contributed by atoms with E-state index in [0.717, 1.165) is 38.7 Å². The number of rotatable bonds is 8. The van der Waals surface area contributed by atoms with Gasteiger partial charge in [0.05, 0.1) is 19.3 Å². The minimum atomic E-state index is 0.0331. The Morgan fingerprint density at radius 2 is 2.15 bits per heavy atom. The number of aromatic nitrogens is 4. The minimum Gasteiger partial charge on any atom is -0.468 e. The highest BCUT2D eigenvalue weighted by molar-refractivity contribution is 5.83. The number of fused-ring (bicyclic) bond motifs is 1. The molecule has 0 bridgehead atoms. The van der Waals surface area contributed by atoms with E-state index < -0.39 is 0 Å². The molecule has 1 fully saturated rings. The molecule has 2 N–H and O–H groups in total. The Hall–Kier alpha value is -2.09. The van der Waals surface area contributed by atoms with Crippen LogP contribution < -0.4 is 15.2 Å². The molecule has 26 heavy (non-hydrogen) atoms. The lowest BCUT2D eigenvalue weighted by Gasteiger charge is -2.22. The summed E-state index contributed by atoms with van der Waals surface area (Å²) in [7, 11) is 1.60. The van der Waals surface area contributed by atoms with E-state index in [2.05, 4.69) is 21.9 Å². The van der Waals surface area contributed by atoms with Crippen LogP contribution in [0.5, 0.6) is 12.0 Å². The predicted octanol–water partition coefficient (Wildman–Crippen LogP) is 2.94. The van der Waals surface area contributed by atoms with E-state index in [0.29, 0.717) is 29.5 Å². The predicted molar refractivity (Wildman–Crippen MR) is 99.5 cm³/mol. The first-order chi connectivity index (χ1) is 12.6. The number of aryl methyl sites for hydroxylation is 1. The van der Waals surface area contributed by atoms with E-state index >= 15 is 0 Å². The molecule has 1 saturated heterocycles. The molecule has 1 aliphatic heterocycles. The summed E-state index contributed by atoms with van der Waals surface area (Å²) < 4.78 is 19.0. The van der Waals surface area contributed by atoms with Gasteiger partial charge < -0.3 is 19.9 Å². The van der Waals surface area contributed by atoms with E-state index in [1.807, 2.05) is 11.5 Å². The molecular formula is C18H29N5O3. The van der Waals surface area contributed by atoms with Crippen LogP contribution in [-0.2, 0) is 11.3 Å². The van der Waals surface area contributed by atoms with Gasteiger partial charge in [0.1, 0.15) is 0 Å². The van der Waals surface area contributed by atoms with Crippen molar-refractivity contribution in [3.8, 4) is 12.0 Å². The van der Waals surface area contributed by atoms with Crippen molar-refractivity contribution in [1.82, 2.24) is 19.5 Å². The topological polar surface area (TPSA) is 97.3 Å². The molecule has 8 heteroatoms. The van der Waals surface area contributed by atoms with Crippen LogP contribution in [0.2, 0.25) is 0 Å². The standard InChI is InChI=1S/C18H29N5O3/c1-4-7-12(2)26-17-21-15(19)14-16(22-17)23(18(20-14)24-3)10-9-13-8-5-6-11-25-13/h12-13H,4-11H2,1-3H3,(H2,19,21,22)/t12-,13?/m1/s1. The summed E-state index contributed by atoms with van der Waals surface area (Å²) in [5, 5.41) is 0. The maximum atomic E-state index is 6.10. The molecule has 1 aliphatic rings. The second-order valence-electron chi connectivity index (χ2n) is 6.81. The monoisotopic (exact) mass is 363 g/mol. The van der Waals surface area contributed by atoms with Gasteiger partial charge >= 0.3 is 6.01 Å². The van der Waals surface area contributed by atoms with Crippen molar-refractivity contribution in [2.45, 2.75) is 71.1 Å². The van der Waals surface area contributed by atoms with Gasteiger partial charge in [0.15, 0.2) is 17.0 Å². The molecular weight excluding hydrogens is 334 g/mol. The fourth-order valence-corrected chi connectivity index (χ4v) is 3.34. The highest BCUT2D eigenvalue weighted by Gasteiger charge is 2.20. The Morgan fingerprint density at radius 1 is 1.31 bits per heavy atom. The number of hydrogen-bond acceptors (Lipinski definition) is 7. The Bertz CT molecular complexity index is 727. The highest BCUT2D eigenvalue weighted by Crippen LogP contribution is 2.27. The van der Waals surface area contributed by atoms with Gasteiger partial charge in [0.2, 0.25) is 0 Å². The average Bonchev–Trinajstić information content (AvgIpc) is 2.99. The van der Waals surface area contributed by atoms with Crippen molar-refractivity contribution in [3.05, 3.63) is 0 Å². The summed E-state index contributed by atoms with van der Waals surface area (Å²) in [6, 6.07) is 0.768. The molecule has 8 nitrogen and oxygen atoms in total. The van der Waals surface area contributed by atoms with Crippen LogP contribution in [0.15, 0.2) is 0 Å². The Kier molecular flexibility index (Phi) is 6.13. The van der Waals surface area contributed by atoms with Crippen molar-refractivity contribution in [2.24, 2.45) is 0 Å². The van der Waals surface area contributed by atoms with Crippen LogP contribution in [0.1, 0.15) is 52.4 Å². The summed E-state index contributed by atoms with van der Waals surface area (Å²) in [4.78, 5) is 13.3. The highest BCUT2D eigenvalue weighted by atomic mass is 16.5. The molecule has 3 rings (SSSR count). The van der Waals surface area contributed by atoms with Crippen LogP contribution in [0.3, 0.4) is 0 Å². The van der Waals surface area contributed by atoms with Crippen molar-refractivity contribution in [2.75, 3.05) is 19.5 Å². The third-order valence-electron chi connectivity index (χ3n) is 4.70. The molecule has 1 unspecified atom stereocenters. The fourth-order valence-electron chi connectivity index (χ4n) is 3.34. The number of methoxy groups -OCH3 is 1. The Morgan fingerprint density at radius 3 is 2.85 bits per heavy atom. The number of nitrogens with zero attached hydrogens (tertiary/aromatic N) is 4. The zero-order valence-electron chi connectivity index (χ0n) is 15.9. The van der Waals surface area contributed by atoms with Gasteiger partial charge in [0.25, 0.3) is 6.01 Å². The number of nitrogen functional groups attached to an aromatic ring is 1. The smallest absolute Gasteiger partial charge is 0.320 e. The Balaban J connectivity index is 1.85. The van der Waals surface area contributed by atoms with Crippen LogP contribution in [-0.4, -0.2) is 45.4 Å². The lowest BCUT2D eigenvalue weighted by atomic mass is 10.1. The van der Waals surface area contributed by atoms with Gasteiger partial charge in [0, 0.05) is 13.2 Å². The zero-order valence-corrected chi connectivity index (χ0v) is 15.9. The zero-order chi connectivity index (χ0) is 18.5. The largest absolute Gasteiger partial charge is 0.468 e. The quantitative estimate of drug-likeness (QED) is 0.770. The van der Waals surface area contributed by atoms with Gasteiger partial charge in [-0.05, 0) is 39.0 Å². The number of nitrogens with two attached hydrogens (primary N) is 1. The van der Waals surface area contributed by atoms with Gasteiger partial charge in [-0.15, -0.1) is 0 Å². The molecule has 2 aromatic rings. The first-order valence-electron chi connectivity index (χ1n) is 9.48. The van der Waals surface area contributed by atoms with Gasteiger partial charge in [-0.2, -0.15) is 15.0 Å². The number of anilines is 1. The normalized spacial score (nSPS) is 18.8. The minimum absolute atomic E-state index is 0.0331. The fraction of sp³-hybridized carbons (Fsp3) is 0.722. The third-order valence-corrected chi connectivity index (χ3v) is 4.70. The van der Waals surface area contributed by atoms with E-state index in [1.165, 1.54) is 6.42 Å². The molecule has 144 valence electrons. The molecule has 0 saturated carbocycles. The van der Waals surface area contributed by atoms with Crippen LogP contribution in [0, 0.1) is 0 Å². The van der Waals surface area contributed by atoms with Crippen LogP contribution in [0.25, 0.3) is 11.2 Å². The third kappa shape index (κ3) is 4.17. The molecule has 0 aromatic carbocycles. The summed E-state index contributed by atoms with van der Waals surface area (Å²) in [5.41, 5.74) is 7.28. The van der Waals surface area contributed by atoms with Gasteiger partial charge in [-0.25, -0.2) is 0 Å². The summed E-state index contributed by atoms with van der Waals surface area (Å²) in [6.45, 7) is 5.66. The van der Waals surface area contributed by atoms with Crippen LogP contribution >= 0.6 is 0 Å². The molecule has 0 spiro atoms. The second-order valence-corrected chi connectivity index (χ2v) is 6.81. The van der Waals surface area contributed by atoms with Crippen molar-refractivity contribution < 1.29 is 14.2 Å². The maximum Gasteiger partial charge on any atom is 0.320 e. The van der Waals surface area contributed by atoms with Gasteiger partial charge in [-0.1, -0.05) is 13.3 Å². The summed E-state index contributed by atoms with van der Waals surface area (Å²) in [6.07, 6.45) is 6.61. The molecule has 2 atom stereocenters. The maximum absolute atomic E-state index is 6.10. The van der Waals surface area contributed by atoms with E-state index in [4.69, 9.17) is 19.9 Å².